The number of carbonyl (C=O) groups is 2. The molecule has 0 saturated heterocycles. The van der Waals surface area contributed by atoms with Crippen molar-refractivity contribution in [2.45, 2.75) is 38.6 Å². The van der Waals surface area contributed by atoms with Gasteiger partial charge in [-0.15, -0.1) is 0 Å². The van der Waals surface area contributed by atoms with E-state index < -0.39 is 0 Å². The van der Waals surface area contributed by atoms with Crippen molar-refractivity contribution in [2.24, 2.45) is 0 Å². The molecule has 0 spiro atoms. The van der Waals surface area contributed by atoms with Crippen LogP contribution < -0.4 is 16.0 Å². The Morgan fingerprint density at radius 2 is 1.68 bits per heavy atom. The summed E-state index contributed by atoms with van der Waals surface area (Å²) in [5.41, 5.74) is 2.80. The number of nitrogens with one attached hydrogen (secondary N) is 3. The first kappa shape index (κ1) is 17.0. The van der Waals surface area contributed by atoms with E-state index >= 15 is 0 Å². The normalized spacial score (nSPS) is 14.1. The van der Waals surface area contributed by atoms with Crippen LogP contribution in [0.25, 0.3) is 0 Å². The van der Waals surface area contributed by atoms with E-state index in [1.54, 1.807) is 12.3 Å². The van der Waals surface area contributed by atoms with Gasteiger partial charge in [0.1, 0.15) is 5.69 Å². The van der Waals surface area contributed by atoms with Gasteiger partial charge in [-0.05, 0) is 49.2 Å². The number of hydrogen-bond donors (Lipinski definition) is 3. The average molecular weight is 338 g/mol. The second-order valence-electron chi connectivity index (χ2n) is 6.27. The smallest absolute Gasteiger partial charge is 0.270 e. The van der Waals surface area contributed by atoms with E-state index in [1.165, 1.54) is 19.8 Å². The predicted molar refractivity (Wildman–Crippen MR) is 98.0 cm³/mol. The van der Waals surface area contributed by atoms with Gasteiger partial charge in [0, 0.05) is 36.2 Å². The van der Waals surface area contributed by atoms with Crippen LogP contribution in [0, 0.1) is 0 Å². The van der Waals surface area contributed by atoms with Crippen LogP contribution in [0.3, 0.4) is 0 Å². The highest BCUT2D eigenvalue weighted by atomic mass is 16.2. The number of carbonyl (C=O) groups excluding carboxylic acids is 2. The molecule has 1 aromatic heterocycles. The second-order valence-corrected chi connectivity index (χ2v) is 6.27. The van der Waals surface area contributed by atoms with Crippen LogP contribution in [-0.2, 0) is 4.79 Å². The molecule has 3 N–H and O–H groups in total. The lowest BCUT2D eigenvalue weighted by Crippen LogP contribution is -2.33. The molecule has 0 unspecified atom stereocenters. The van der Waals surface area contributed by atoms with Crippen LogP contribution in [0.4, 0.5) is 17.1 Å². The number of aromatic nitrogens is 1. The van der Waals surface area contributed by atoms with Crippen LogP contribution >= 0.6 is 0 Å². The van der Waals surface area contributed by atoms with Gasteiger partial charge in [-0.3, -0.25) is 14.6 Å². The largest absolute Gasteiger partial charge is 0.355 e. The molecule has 1 heterocycles. The molecular formula is C19H22N4O2. The van der Waals surface area contributed by atoms with E-state index in [0.29, 0.717) is 5.69 Å². The average Bonchev–Trinajstić information content (AvgIpc) is 3.09. The van der Waals surface area contributed by atoms with Crippen LogP contribution in [0.2, 0.25) is 0 Å². The molecular weight excluding hydrogens is 316 g/mol. The molecule has 1 fully saturated rings. The SMILES string of the molecule is CC(=O)Nc1ccc(Nc2ccnc(C(=O)NC3CCCC3)c2)cc1. The zero-order valence-electron chi connectivity index (χ0n) is 14.2. The molecule has 6 heteroatoms. The van der Waals surface area contributed by atoms with Crippen molar-refractivity contribution < 1.29 is 9.59 Å². The predicted octanol–water partition coefficient (Wildman–Crippen LogP) is 3.46. The van der Waals surface area contributed by atoms with E-state index in [1.807, 2.05) is 30.3 Å². The second kappa shape index (κ2) is 7.79. The zero-order valence-corrected chi connectivity index (χ0v) is 14.2. The molecule has 0 bridgehead atoms. The number of benzene rings is 1. The molecule has 0 atom stereocenters. The van der Waals surface area contributed by atoms with Gasteiger partial charge in [0.15, 0.2) is 0 Å². The minimum Gasteiger partial charge on any atom is -0.355 e. The summed E-state index contributed by atoms with van der Waals surface area (Å²) >= 11 is 0. The van der Waals surface area contributed by atoms with E-state index in [2.05, 4.69) is 20.9 Å². The Kier molecular flexibility index (Phi) is 5.28. The summed E-state index contributed by atoms with van der Waals surface area (Å²) in [6.45, 7) is 1.47. The monoisotopic (exact) mass is 338 g/mol. The number of pyridine rings is 1. The maximum absolute atomic E-state index is 12.3. The first-order valence-electron chi connectivity index (χ1n) is 8.52. The zero-order chi connectivity index (χ0) is 17.6. The topological polar surface area (TPSA) is 83.1 Å². The Morgan fingerprint density at radius 3 is 2.36 bits per heavy atom. The lowest BCUT2D eigenvalue weighted by Gasteiger charge is -2.12. The van der Waals surface area contributed by atoms with E-state index in [-0.39, 0.29) is 17.9 Å². The number of amides is 2. The van der Waals surface area contributed by atoms with Crippen molar-refractivity contribution in [1.29, 1.82) is 0 Å². The van der Waals surface area contributed by atoms with Gasteiger partial charge in [-0.25, -0.2) is 0 Å². The van der Waals surface area contributed by atoms with Crippen LogP contribution in [0.1, 0.15) is 43.1 Å². The molecule has 0 aliphatic heterocycles. The minimum absolute atomic E-state index is 0.104. The molecule has 2 aromatic rings. The fourth-order valence-electron chi connectivity index (χ4n) is 2.97. The third-order valence-corrected chi connectivity index (χ3v) is 4.18. The van der Waals surface area contributed by atoms with Crippen molar-refractivity contribution >= 4 is 28.9 Å². The Morgan fingerprint density at radius 1 is 1.00 bits per heavy atom. The van der Waals surface area contributed by atoms with Crippen molar-refractivity contribution in [1.82, 2.24) is 10.3 Å². The fourth-order valence-corrected chi connectivity index (χ4v) is 2.97. The van der Waals surface area contributed by atoms with Crippen LogP contribution in [0.5, 0.6) is 0 Å². The summed E-state index contributed by atoms with van der Waals surface area (Å²) in [7, 11) is 0. The van der Waals surface area contributed by atoms with Gasteiger partial charge in [-0.2, -0.15) is 0 Å². The van der Waals surface area contributed by atoms with Gasteiger partial charge >= 0.3 is 0 Å². The first-order valence-corrected chi connectivity index (χ1v) is 8.52. The van der Waals surface area contributed by atoms with Crippen LogP contribution in [0.15, 0.2) is 42.6 Å². The van der Waals surface area contributed by atoms with E-state index in [9.17, 15) is 9.59 Å². The standard InChI is InChI=1S/C19H22N4O2/c1-13(24)21-15-6-8-16(9-7-15)22-17-10-11-20-18(12-17)19(25)23-14-4-2-3-5-14/h6-12,14H,2-5H2,1H3,(H,20,22)(H,21,24)(H,23,25). The Bertz CT molecular complexity index is 752. The van der Waals surface area contributed by atoms with Gasteiger partial charge in [0.25, 0.3) is 5.91 Å². The Balaban J connectivity index is 1.64. The highest BCUT2D eigenvalue weighted by Crippen LogP contribution is 2.20. The van der Waals surface area contributed by atoms with Crippen LogP contribution in [-0.4, -0.2) is 22.8 Å². The van der Waals surface area contributed by atoms with Gasteiger partial charge in [-0.1, -0.05) is 12.8 Å². The third kappa shape index (κ3) is 4.79. The summed E-state index contributed by atoms with van der Waals surface area (Å²) < 4.78 is 0. The number of nitrogens with zero attached hydrogens (tertiary/aromatic N) is 1. The van der Waals surface area contributed by atoms with Gasteiger partial charge in [0.2, 0.25) is 5.91 Å². The molecule has 3 rings (SSSR count). The lowest BCUT2D eigenvalue weighted by molar-refractivity contribution is -0.114. The third-order valence-electron chi connectivity index (χ3n) is 4.18. The Labute approximate surface area is 147 Å². The van der Waals surface area contributed by atoms with E-state index in [0.717, 1.165) is 29.9 Å². The number of hydrogen-bond acceptors (Lipinski definition) is 4. The molecule has 1 aliphatic rings. The number of rotatable bonds is 5. The highest BCUT2D eigenvalue weighted by Gasteiger charge is 2.18. The van der Waals surface area contributed by atoms with Gasteiger partial charge < -0.3 is 16.0 Å². The van der Waals surface area contributed by atoms with Crippen molar-refractivity contribution in [3.63, 3.8) is 0 Å². The molecule has 1 aliphatic carbocycles. The molecule has 1 saturated carbocycles. The highest BCUT2D eigenvalue weighted by molar-refractivity contribution is 5.93. The maximum Gasteiger partial charge on any atom is 0.270 e. The summed E-state index contributed by atoms with van der Waals surface area (Å²) in [4.78, 5) is 27.5. The minimum atomic E-state index is -0.128. The summed E-state index contributed by atoms with van der Waals surface area (Å²) in [6.07, 6.45) is 6.06. The molecule has 1 aromatic carbocycles. The summed E-state index contributed by atoms with van der Waals surface area (Å²) in [5, 5.41) is 9.01. The summed E-state index contributed by atoms with van der Waals surface area (Å²) in [5.74, 6) is -0.232. The van der Waals surface area contributed by atoms with Crippen molar-refractivity contribution in [2.75, 3.05) is 10.6 Å². The first-order chi connectivity index (χ1) is 12.1. The van der Waals surface area contributed by atoms with E-state index in [4.69, 9.17) is 0 Å². The molecule has 130 valence electrons. The van der Waals surface area contributed by atoms with Gasteiger partial charge in [0.05, 0.1) is 0 Å². The van der Waals surface area contributed by atoms with Crippen molar-refractivity contribution in [3.8, 4) is 0 Å². The Hall–Kier alpha value is -2.89. The maximum atomic E-state index is 12.3. The molecule has 0 radical (unpaired) electrons. The quantitative estimate of drug-likeness (QED) is 0.780. The fraction of sp³-hybridized carbons (Fsp3) is 0.316. The summed E-state index contributed by atoms with van der Waals surface area (Å²) in [6, 6.07) is 11.2. The van der Waals surface area contributed by atoms with Crippen molar-refractivity contribution in [3.05, 3.63) is 48.3 Å². The lowest BCUT2D eigenvalue weighted by atomic mass is 10.2. The number of anilines is 3. The molecule has 2 amide bonds. The molecule has 25 heavy (non-hydrogen) atoms. The molecule has 6 nitrogen and oxygen atoms in total.